The first-order chi connectivity index (χ1) is 4.50. The Morgan fingerprint density at radius 1 is 1.08 bits per heavy atom. The Kier molecular flexibility index (Phi) is 100. The number of halogens is 2. The molecule has 0 saturated heterocycles. The maximum Gasteiger partial charge on any atom is 2.00 e. The van der Waals surface area contributed by atoms with Crippen molar-refractivity contribution in [1.82, 2.24) is 0 Å². The predicted molar refractivity (Wildman–Crippen MR) is 43.6 cm³/mol. The first-order valence-electron chi connectivity index (χ1n) is 3.13. The molecule has 0 atom stereocenters. The summed E-state index contributed by atoms with van der Waals surface area (Å²) in [5, 5.41) is 0. The van der Waals surface area contributed by atoms with Gasteiger partial charge in [-0.25, -0.2) is 12.2 Å². The molecular weight excluding hydrogens is 227 g/mol. The SMILES string of the molecule is [C-]1=CC=CC1.[CH2-]C.[CH2-]C.[Cl-].[Cl-].[Ti+2]. The fourth-order valence-electron chi connectivity index (χ4n) is 0.340. The summed E-state index contributed by atoms with van der Waals surface area (Å²) < 4.78 is 0. The molecule has 0 spiro atoms. The van der Waals surface area contributed by atoms with Gasteiger partial charge in [0.2, 0.25) is 0 Å². The second-order valence-corrected chi connectivity index (χ2v) is 1.00. The predicted octanol–water partition coefficient (Wildman–Crippen LogP) is -3.01. The van der Waals surface area contributed by atoms with Gasteiger partial charge >= 0.3 is 21.7 Å². The summed E-state index contributed by atoms with van der Waals surface area (Å²) in [7, 11) is 0. The molecule has 0 unspecified atom stereocenters. The van der Waals surface area contributed by atoms with Crippen molar-refractivity contribution in [1.29, 1.82) is 0 Å². The van der Waals surface area contributed by atoms with Crippen LogP contribution in [0.3, 0.4) is 0 Å². The molecule has 0 radical (unpaired) electrons. The van der Waals surface area contributed by atoms with Crippen LogP contribution in [0.25, 0.3) is 0 Å². The largest absolute Gasteiger partial charge is 2.00 e. The molecule has 0 aromatic heterocycles. The van der Waals surface area contributed by atoms with Crippen LogP contribution in [0.4, 0.5) is 0 Å². The van der Waals surface area contributed by atoms with Crippen molar-refractivity contribution in [2.45, 2.75) is 20.3 Å². The van der Waals surface area contributed by atoms with E-state index in [1.165, 1.54) is 0 Å². The van der Waals surface area contributed by atoms with Crippen molar-refractivity contribution >= 4 is 0 Å². The van der Waals surface area contributed by atoms with E-state index in [2.05, 4.69) is 26.0 Å². The summed E-state index contributed by atoms with van der Waals surface area (Å²) in [5.41, 5.74) is 0. The van der Waals surface area contributed by atoms with Crippen molar-refractivity contribution in [2.24, 2.45) is 0 Å². The molecule has 0 bridgehead atoms. The summed E-state index contributed by atoms with van der Waals surface area (Å²) in [6.45, 7) is 10.0. The zero-order chi connectivity index (χ0) is 7.54. The van der Waals surface area contributed by atoms with Gasteiger partial charge in [-0.15, -0.1) is 6.42 Å². The van der Waals surface area contributed by atoms with Crippen LogP contribution in [0.5, 0.6) is 0 Å². The van der Waals surface area contributed by atoms with Gasteiger partial charge in [-0.3, -0.25) is 6.08 Å². The van der Waals surface area contributed by atoms with Crippen molar-refractivity contribution in [3.8, 4) is 0 Å². The average Bonchev–Trinajstić information content (AvgIpc) is 2.51. The third kappa shape index (κ3) is 30.9. The number of hydrogen-bond donors (Lipinski definition) is 0. The van der Waals surface area contributed by atoms with Gasteiger partial charge in [-0.1, -0.05) is 0 Å². The van der Waals surface area contributed by atoms with E-state index >= 15 is 0 Å². The fourth-order valence-corrected chi connectivity index (χ4v) is 0.340. The Morgan fingerprint density at radius 2 is 1.50 bits per heavy atom. The zero-order valence-electron chi connectivity index (χ0n) is 7.61. The van der Waals surface area contributed by atoms with Gasteiger partial charge < -0.3 is 38.7 Å². The van der Waals surface area contributed by atoms with Gasteiger partial charge in [0, 0.05) is 0 Å². The van der Waals surface area contributed by atoms with E-state index in [-0.39, 0.29) is 46.5 Å². The fraction of sp³-hybridized carbons (Fsp3) is 0.333. The van der Waals surface area contributed by atoms with E-state index in [1.54, 1.807) is 13.8 Å². The molecule has 12 heavy (non-hydrogen) atoms. The molecule has 3 heteroatoms. The molecule has 0 saturated carbocycles. The minimum atomic E-state index is 0. The average molecular weight is 242 g/mol. The summed E-state index contributed by atoms with van der Waals surface area (Å²) in [6, 6.07) is 0. The molecule has 0 aromatic carbocycles. The van der Waals surface area contributed by atoms with E-state index in [0.29, 0.717) is 0 Å². The monoisotopic (exact) mass is 241 g/mol. The van der Waals surface area contributed by atoms with Crippen LogP contribution >= 0.6 is 0 Å². The molecule has 1 aliphatic carbocycles. The van der Waals surface area contributed by atoms with E-state index < -0.39 is 0 Å². The Labute approximate surface area is 105 Å². The van der Waals surface area contributed by atoms with Crippen molar-refractivity contribution in [2.75, 3.05) is 0 Å². The van der Waals surface area contributed by atoms with Gasteiger partial charge in [-0.05, 0) is 0 Å². The maximum atomic E-state index is 3.25. The molecule has 1 rings (SSSR count). The Bertz CT molecular complexity index is 70.6. The second-order valence-electron chi connectivity index (χ2n) is 1.00. The van der Waals surface area contributed by atoms with Crippen LogP contribution in [0.1, 0.15) is 20.3 Å². The van der Waals surface area contributed by atoms with Crippen molar-refractivity contribution in [3.63, 3.8) is 0 Å². The van der Waals surface area contributed by atoms with Gasteiger partial charge in [-0.2, -0.15) is 19.9 Å². The molecule has 0 amide bonds. The Morgan fingerprint density at radius 3 is 1.58 bits per heavy atom. The second kappa shape index (κ2) is 41.0. The molecule has 0 fully saturated rings. The first-order valence-corrected chi connectivity index (χ1v) is 3.13. The van der Waals surface area contributed by atoms with Crippen LogP contribution in [0.15, 0.2) is 18.2 Å². The summed E-state index contributed by atoms with van der Waals surface area (Å²) in [6.07, 6.45) is 10.0. The van der Waals surface area contributed by atoms with Gasteiger partial charge in [0.15, 0.2) is 0 Å². The molecule has 0 nitrogen and oxygen atoms in total. The van der Waals surface area contributed by atoms with Crippen LogP contribution in [-0.2, 0) is 21.7 Å². The van der Waals surface area contributed by atoms with Crippen LogP contribution in [0, 0.1) is 19.9 Å². The summed E-state index contributed by atoms with van der Waals surface area (Å²) >= 11 is 0. The molecule has 72 valence electrons. The summed E-state index contributed by atoms with van der Waals surface area (Å²) in [4.78, 5) is 0. The first kappa shape index (κ1) is 29.3. The van der Waals surface area contributed by atoms with E-state index in [9.17, 15) is 0 Å². The summed E-state index contributed by atoms with van der Waals surface area (Å²) in [5.74, 6) is 0. The minimum Gasteiger partial charge on any atom is -1.00 e. The smallest absolute Gasteiger partial charge is 1.00 e. The minimum absolute atomic E-state index is 0. The van der Waals surface area contributed by atoms with Crippen LogP contribution in [-0.4, -0.2) is 0 Å². The zero-order valence-corrected chi connectivity index (χ0v) is 10.7. The quantitative estimate of drug-likeness (QED) is 0.313. The van der Waals surface area contributed by atoms with Crippen molar-refractivity contribution in [3.05, 3.63) is 38.2 Å². The molecule has 0 aromatic rings. The van der Waals surface area contributed by atoms with Crippen LogP contribution < -0.4 is 24.8 Å². The topological polar surface area (TPSA) is 0 Å². The third-order valence-electron chi connectivity index (χ3n) is 0.586. The Hall–Kier alpha value is 0.774. The standard InChI is InChI=1S/C5H5.2C2H5.2ClH.Ti/c1-2-4-5-3-1;2*1-2;;;/h1-3H,4H2;2*1H2,2H3;2*1H;/q3*-1;;;+2/p-2. The molecule has 0 heterocycles. The molecular formula is C9H15Cl2Ti-3. The van der Waals surface area contributed by atoms with Crippen molar-refractivity contribution < 1.29 is 46.5 Å². The Balaban J connectivity index is -0.0000000213. The number of hydrogen-bond acceptors (Lipinski definition) is 0. The van der Waals surface area contributed by atoms with E-state index in [1.807, 2.05) is 12.2 Å². The molecule has 0 N–H and O–H groups in total. The van der Waals surface area contributed by atoms with Gasteiger partial charge in [0.25, 0.3) is 0 Å². The maximum absolute atomic E-state index is 3.25. The number of allylic oxidation sites excluding steroid dienone is 4. The van der Waals surface area contributed by atoms with Crippen LogP contribution in [0.2, 0.25) is 0 Å². The normalized spacial score (nSPS) is 8.33. The van der Waals surface area contributed by atoms with E-state index in [0.717, 1.165) is 6.42 Å². The molecule has 1 aliphatic rings. The van der Waals surface area contributed by atoms with E-state index in [4.69, 9.17) is 0 Å². The number of rotatable bonds is 0. The van der Waals surface area contributed by atoms with Gasteiger partial charge in [0.05, 0.1) is 0 Å². The van der Waals surface area contributed by atoms with Gasteiger partial charge in [0.1, 0.15) is 0 Å². The third-order valence-corrected chi connectivity index (χ3v) is 0.586. The molecule has 0 aliphatic heterocycles.